The van der Waals surface area contributed by atoms with Crippen LogP contribution in [0.15, 0.2) is 24.3 Å². The molecule has 2 N–H and O–H groups in total. The van der Waals surface area contributed by atoms with E-state index in [1.54, 1.807) is 16.9 Å². The van der Waals surface area contributed by atoms with Crippen LogP contribution < -0.4 is 10.0 Å². The molecule has 104 valence electrons. The number of benzene rings is 1. The normalized spacial score (nSPS) is 10.8. The van der Waals surface area contributed by atoms with Crippen molar-refractivity contribution >= 4 is 27.5 Å². The van der Waals surface area contributed by atoms with E-state index in [1.165, 1.54) is 0 Å². The van der Waals surface area contributed by atoms with E-state index in [-0.39, 0.29) is 18.7 Å². The van der Waals surface area contributed by atoms with E-state index in [9.17, 15) is 18.0 Å². The maximum Gasteiger partial charge on any atom is 0.233 e. The minimum absolute atomic E-state index is 0.0742. The summed E-state index contributed by atoms with van der Waals surface area (Å²) >= 11 is 0. The van der Waals surface area contributed by atoms with E-state index in [2.05, 4.69) is 5.32 Å². The van der Waals surface area contributed by atoms with E-state index >= 15 is 0 Å². The molecule has 0 aliphatic heterocycles. The Labute approximate surface area is 112 Å². The van der Waals surface area contributed by atoms with Crippen LogP contribution >= 0.6 is 0 Å². The topological polar surface area (TPSA) is 92.3 Å². The molecule has 0 fully saturated rings. The molecule has 0 radical (unpaired) electrons. The van der Waals surface area contributed by atoms with Crippen molar-refractivity contribution in [2.45, 2.75) is 19.8 Å². The molecule has 1 aromatic carbocycles. The Morgan fingerprint density at radius 1 is 1.05 bits per heavy atom. The average Bonchev–Trinajstić information content (AvgIpc) is 2.27. The summed E-state index contributed by atoms with van der Waals surface area (Å²) in [6.45, 7) is 1.93. The lowest BCUT2D eigenvalue weighted by Gasteiger charge is -2.05. The third kappa shape index (κ3) is 6.56. The first-order chi connectivity index (χ1) is 8.76. The summed E-state index contributed by atoms with van der Waals surface area (Å²) in [6.07, 6.45) is 0.636. The SMILES string of the molecule is Cc1ccc(NC(=O)CCC(=O)NS(C)(=O)=O)cc1. The van der Waals surface area contributed by atoms with Gasteiger partial charge >= 0.3 is 0 Å². The summed E-state index contributed by atoms with van der Waals surface area (Å²) in [5, 5.41) is 2.62. The lowest BCUT2D eigenvalue weighted by atomic mass is 10.2. The highest BCUT2D eigenvalue weighted by molar-refractivity contribution is 7.89. The van der Waals surface area contributed by atoms with Crippen molar-refractivity contribution in [2.75, 3.05) is 11.6 Å². The van der Waals surface area contributed by atoms with Crippen molar-refractivity contribution in [1.29, 1.82) is 0 Å². The van der Waals surface area contributed by atoms with Crippen LogP contribution in [0.4, 0.5) is 5.69 Å². The quantitative estimate of drug-likeness (QED) is 0.836. The number of carbonyl (C=O) groups excluding carboxylic acids is 2. The molecule has 1 rings (SSSR count). The number of rotatable bonds is 5. The first-order valence-corrected chi connectivity index (χ1v) is 7.52. The molecular formula is C12H16N2O4S. The molecular weight excluding hydrogens is 268 g/mol. The zero-order chi connectivity index (χ0) is 14.5. The van der Waals surface area contributed by atoms with Crippen molar-refractivity contribution < 1.29 is 18.0 Å². The maximum absolute atomic E-state index is 11.5. The number of hydrogen-bond acceptors (Lipinski definition) is 4. The van der Waals surface area contributed by atoms with Crippen LogP contribution in [0.1, 0.15) is 18.4 Å². The van der Waals surface area contributed by atoms with Gasteiger partial charge in [0.15, 0.2) is 0 Å². The van der Waals surface area contributed by atoms with Gasteiger partial charge in [0, 0.05) is 18.5 Å². The Morgan fingerprint density at radius 2 is 1.58 bits per heavy atom. The highest BCUT2D eigenvalue weighted by atomic mass is 32.2. The zero-order valence-corrected chi connectivity index (χ0v) is 11.6. The van der Waals surface area contributed by atoms with Gasteiger partial charge < -0.3 is 5.32 Å². The van der Waals surface area contributed by atoms with Gasteiger partial charge in [-0.1, -0.05) is 17.7 Å². The van der Waals surface area contributed by atoms with Gasteiger partial charge in [0.2, 0.25) is 21.8 Å². The van der Waals surface area contributed by atoms with Crippen LogP contribution in [0.25, 0.3) is 0 Å². The van der Waals surface area contributed by atoms with E-state index < -0.39 is 15.9 Å². The summed E-state index contributed by atoms with van der Waals surface area (Å²) in [5.41, 5.74) is 1.71. The molecule has 7 heteroatoms. The highest BCUT2D eigenvalue weighted by Crippen LogP contribution is 2.09. The predicted molar refractivity (Wildman–Crippen MR) is 72.0 cm³/mol. The van der Waals surface area contributed by atoms with Crippen molar-refractivity contribution in [3.05, 3.63) is 29.8 Å². The highest BCUT2D eigenvalue weighted by Gasteiger charge is 2.10. The third-order valence-electron chi connectivity index (χ3n) is 2.21. The Hall–Kier alpha value is -1.89. The largest absolute Gasteiger partial charge is 0.326 e. The monoisotopic (exact) mass is 284 g/mol. The maximum atomic E-state index is 11.5. The lowest BCUT2D eigenvalue weighted by Crippen LogP contribution is -2.30. The van der Waals surface area contributed by atoms with Crippen molar-refractivity contribution in [1.82, 2.24) is 4.72 Å². The summed E-state index contributed by atoms with van der Waals surface area (Å²) in [6, 6.07) is 7.21. The number of sulfonamides is 1. The van der Waals surface area contributed by atoms with E-state index in [0.717, 1.165) is 11.8 Å². The number of nitrogens with one attached hydrogen (secondary N) is 2. The van der Waals surface area contributed by atoms with Crippen LogP contribution in [-0.2, 0) is 19.6 Å². The summed E-state index contributed by atoms with van der Waals surface area (Å²) in [7, 11) is -3.57. The molecule has 0 bridgehead atoms. The number of carbonyl (C=O) groups is 2. The molecule has 0 spiro atoms. The van der Waals surface area contributed by atoms with Gasteiger partial charge in [-0.2, -0.15) is 0 Å². The molecule has 0 saturated heterocycles. The smallest absolute Gasteiger partial charge is 0.233 e. The van der Waals surface area contributed by atoms with Crippen molar-refractivity contribution in [2.24, 2.45) is 0 Å². The molecule has 2 amide bonds. The van der Waals surface area contributed by atoms with Crippen molar-refractivity contribution in [3.63, 3.8) is 0 Å². The molecule has 0 saturated carbocycles. The fourth-order valence-corrected chi connectivity index (χ4v) is 1.86. The van der Waals surface area contributed by atoms with Crippen LogP contribution in [0.5, 0.6) is 0 Å². The lowest BCUT2D eigenvalue weighted by molar-refractivity contribution is -0.123. The number of amides is 2. The Bertz CT molecular complexity index is 564. The number of anilines is 1. The van der Waals surface area contributed by atoms with Gasteiger partial charge in [-0.25, -0.2) is 8.42 Å². The molecule has 6 nitrogen and oxygen atoms in total. The standard InChI is InChI=1S/C12H16N2O4S/c1-9-3-5-10(6-4-9)13-11(15)7-8-12(16)14-19(2,17)18/h3-6H,7-8H2,1-2H3,(H,13,15)(H,14,16). The van der Waals surface area contributed by atoms with Gasteiger partial charge in [-0.15, -0.1) is 0 Å². The molecule has 19 heavy (non-hydrogen) atoms. The van der Waals surface area contributed by atoms with E-state index in [1.807, 2.05) is 19.1 Å². The summed E-state index contributed by atoms with van der Waals surface area (Å²) in [5.74, 6) is -1.03. The predicted octanol–water partition coefficient (Wildman–Crippen LogP) is 0.790. The van der Waals surface area contributed by atoms with Crippen LogP contribution in [-0.4, -0.2) is 26.5 Å². The van der Waals surface area contributed by atoms with Gasteiger partial charge in [0.25, 0.3) is 0 Å². The van der Waals surface area contributed by atoms with Crippen LogP contribution in [0, 0.1) is 6.92 Å². The van der Waals surface area contributed by atoms with E-state index in [4.69, 9.17) is 0 Å². The van der Waals surface area contributed by atoms with Gasteiger partial charge in [0.1, 0.15) is 0 Å². The molecule has 0 aromatic heterocycles. The average molecular weight is 284 g/mol. The van der Waals surface area contributed by atoms with Gasteiger partial charge in [-0.3, -0.25) is 14.3 Å². The first kappa shape index (κ1) is 15.2. The zero-order valence-electron chi connectivity index (χ0n) is 10.8. The minimum atomic E-state index is -3.57. The molecule has 0 unspecified atom stereocenters. The van der Waals surface area contributed by atoms with Gasteiger partial charge in [0.05, 0.1) is 6.26 Å². The number of hydrogen-bond donors (Lipinski definition) is 2. The third-order valence-corrected chi connectivity index (χ3v) is 2.81. The van der Waals surface area contributed by atoms with Gasteiger partial charge in [-0.05, 0) is 19.1 Å². The molecule has 0 aliphatic rings. The second-order valence-corrected chi connectivity index (χ2v) is 5.96. The molecule has 0 aliphatic carbocycles. The first-order valence-electron chi connectivity index (χ1n) is 5.63. The Balaban J connectivity index is 2.40. The fraction of sp³-hybridized carbons (Fsp3) is 0.333. The van der Waals surface area contributed by atoms with Crippen molar-refractivity contribution in [3.8, 4) is 0 Å². The fourth-order valence-electron chi connectivity index (χ4n) is 1.35. The molecule has 0 atom stereocenters. The Morgan fingerprint density at radius 3 is 2.11 bits per heavy atom. The minimum Gasteiger partial charge on any atom is -0.326 e. The Kier molecular flexibility index (Phi) is 5.05. The second kappa shape index (κ2) is 6.33. The molecule has 1 aromatic rings. The second-order valence-electron chi connectivity index (χ2n) is 4.21. The van der Waals surface area contributed by atoms with E-state index in [0.29, 0.717) is 5.69 Å². The molecule has 0 heterocycles. The van der Waals surface area contributed by atoms with Crippen LogP contribution in [0.3, 0.4) is 0 Å². The summed E-state index contributed by atoms with van der Waals surface area (Å²) < 4.78 is 23.4. The van der Waals surface area contributed by atoms with Crippen LogP contribution in [0.2, 0.25) is 0 Å². The summed E-state index contributed by atoms with van der Waals surface area (Å²) in [4.78, 5) is 22.7. The number of aryl methyl sites for hydroxylation is 1.